The molecule has 0 aromatic heterocycles. The number of benzene rings is 16. The number of aryl methyl sites for hydroxylation is 8. The van der Waals surface area contributed by atoms with Crippen molar-refractivity contribution in [3.8, 4) is 129 Å². The van der Waals surface area contributed by atoms with E-state index in [1.165, 1.54) is 167 Å². The lowest BCUT2D eigenvalue weighted by atomic mass is 9.93. The van der Waals surface area contributed by atoms with Gasteiger partial charge in [0.2, 0.25) is 0 Å². The summed E-state index contributed by atoms with van der Waals surface area (Å²) < 4.78 is 38.3. The minimum atomic E-state index is 0. The Balaban J connectivity index is 0.000000205. The van der Waals surface area contributed by atoms with Gasteiger partial charge in [-0.05, 0) is 300 Å². The molecule has 8 nitrogen and oxygen atoms in total. The van der Waals surface area contributed by atoms with Gasteiger partial charge < -0.3 is 33.2 Å². The Labute approximate surface area is 885 Å². The number of rotatable bonds is 25. The predicted octanol–water partition coefficient (Wildman–Crippen LogP) is 39.1. The van der Waals surface area contributed by atoms with Gasteiger partial charge in [-0.2, -0.15) is 0 Å². The van der Waals surface area contributed by atoms with Crippen molar-refractivity contribution in [3.05, 3.63) is 434 Å². The normalized spacial score (nSPS) is 10.7. The molecule has 8 heteroatoms. The number of ketones is 1. The van der Waals surface area contributed by atoms with Crippen LogP contribution in [0.15, 0.2) is 340 Å². The molecule has 0 aliphatic rings. The highest BCUT2D eigenvalue weighted by molar-refractivity contribution is 5.81. The third-order valence-electron chi connectivity index (χ3n) is 26.3. The highest BCUT2D eigenvalue weighted by atomic mass is 16.5. The van der Waals surface area contributed by atoms with Gasteiger partial charge in [0.1, 0.15) is 46.0 Å². The van der Waals surface area contributed by atoms with Crippen LogP contribution in [0.1, 0.15) is 267 Å². The molecule has 16 aromatic carbocycles. The second kappa shape index (κ2) is 58.2. The molecule has 0 unspecified atom stereocenters. The smallest absolute Gasteiger partial charge is 0.134 e. The molecular formula is C139H166O8. The van der Waals surface area contributed by atoms with Crippen molar-refractivity contribution < 1.29 is 38.0 Å². The van der Waals surface area contributed by atoms with Crippen LogP contribution in [-0.4, -0.2) is 55.6 Å². The fraction of sp³-hybridized carbons (Fsp3) is 0.302. The zero-order chi connectivity index (χ0) is 107. The molecule has 147 heavy (non-hydrogen) atoms. The predicted molar refractivity (Wildman–Crippen MR) is 633 cm³/mol. The molecule has 0 saturated carbocycles. The van der Waals surface area contributed by atoms with E-state index in [2.05, 4.69) is 488 Å². The number of hydrogen-bond donors (Lipinski definition) is 0. The quantitative estimate of drug-likeness (QED) is 0.0560. The van der Waals surface area contributed by atoms with Crippen LogP contribution in [0.25, 0.3) is 89.0 Å². The third-order valence-corrected chi connectivity index (χ3v) is 26.3. The Bertz CT molecular complexity index is 6340. The topological polar surface area (TPSA) is 81.7 Å². The van der Waals surface area contributed by atoms with Crippen molar-refractivity contribution >= 4 is 5.78 Å². The largest absolute Gasteiger partial charge is 0.496 e. The summed E-state index contributed by atoms with van der Waals surface area (Å²) in [5.41, 5.74) is 41.2. The summed E-state index contributed by atoms with van der Waals surface area (Å²) in [6.45, 7) is 53.9. The van der Waals surface area contributed by atoms with Crippen molar-refractivity contribution in [2.24, 2.45) is 0 Å². The lowest BCUT2D eigenvalue weighted by molar-refractivity contribution is -0.116. The van der Waals surface area contributed by atoms with Crippen molar-refractivity contribution in [3.63, 3.8) is 0 Å². The maximum absolute atomic E-state index is 11.3. The van der Waals surface area contributed by atoms with Crippen LogP contribution >= 0.6 is 0 Å². The molecule has 0 atom stereocenters. The highest BCUT2D eigenvalue weighted by Gasteiger charge is 2.19. The minimum absolute atomic E-state index is 0. The fourth-order valence-corrected chi connectivity index (χ4v) is 17.1. The lowest BCUT2D eigenvalue weighted by Crippen LogP contribution is -1.97. The molecule has 0 amide bonds. The molecule has 0 fully saturated rings. The standard InChI is InChI=1S/C19H22O2.6C17H20O.C17H20.CH4/c1-13(2)16-8-9-19(21-4)18(12-16)17-7-5-6-15(11-17)10-14(3)20;3*1-12(2)15-9-10-17(18-4)16(11-15)14-7-5-13(3)6-8-14;3*1-12(2)14-8-9-17(18-4)16(11-14)15-7-5-6-13(3)10-15;1-12(2)15-9-8-14(4)17(11-15)16-7-5-6-13(3)10-16;/h5-9,11-13H,10H2,1-4H3;6*5-12H,1-4H3;5-12H,1-4H3;1H4. The molecule has 770 valence electrons. The van der Waals surface area contributed by atoms with Gasteiger partial charge in [-0.1, -0.05) is 412 Å². The van der Waals surface area contributed by atoms with Gasteiger partial charge >= 0.3 is 0 Å². The molecule has 0 heterocycles. The molecule has 0 saturated heterocycles. The average molecular weight is 1960 g/mol. The number of methoxy groups -OCH3 is 7. The van der Waals surface area contributed by atoms with Gasteiger partial charge in [0.15, 0.2) is 0 Å². The van der Waals surface area contributed by atoms with Crippen molar-refractivity contribution in [1.29, 1.82) is 0 Å². The molecule has 0 aliphatic heterocycles. The monoisotopic (exact) mass is 1960 g/mol. The van der Waals surface area contributed by atoms with E-state index in [4.69, 9.17) is 33.2 Å². The van der Waals surface area contributed by atoms with Crippen molar-refractivity contribution in [2.45, 2.75) is 234 Å². The lowest BCUT2D eigenvalue weighted by Gasteiger charge is -2.13. The van der Waals surface area contributed by atoms with Gasteiger partial charge in [0.05, 0.1) is 49.8 Å². The van der Waals surface area contributed by atoms with Crippen molar-refractivity contribution in [2.75, 3.05) is 49.8 Å². The fourth-order valence-electron chi connectivity index (χ4n) is 17.1. The van der Waals surface area contributed by atoms with Gasteiger partial charge in [-0.15, -0.1) is 0 Å². The van der Waals surface area contributed by atoms with Crippen LogP contribution in [-0.2, 0) is 11.2 Å². The van der Waals surface area contributed by atoms with Crippen LogP contribution in [0.3, 0.4) is 0 Å². The van der Waals surface area contributed by atoms with E-state index < -0.39 is 0 Å². The van der Waals surface area contributed by atoms with Crippen LogP contribution in [0, 0.1) is 55.4 Å². The molecule has 0 bridgehead atoms. The molecule has 0 aliphatic carbocycles. The molecule has 16 aromatic rings. The summed E-state index contributed by atoms with van der Waals surface area (Å²) in [7, 11) is 12.0. The third kappa shape index (κ3) is 35.0. The Morgan fingerprint density at radius 1 is 0.190 bits per heavy atom. The van der Waals surface area contributed by atoms with E-state index in [9.17, 15) is 4.79 Å². The summed E-state index contributed by atoms with van der Waals surface area (Å²) in [5.74, 6) is 10.9. The molecular weight excluding hydrogens is 1800 g/mol. The SMILES string of the molecule is C.COc1ccc(C(C)C)cc1-c1ccc(C)cc1.COc1ccc(C(C)C)cc1-c1ccc(C)cc1.COc1ccc(C(C)C)cc1-c1ccc(C)cc1.COc1ccc(C(C)C)cc1-c1cccc(C)c1.COc1ccc(C(C)C)cc1-c1cccc(C)c1.COc1ccc(C(C)C)cc1-c1cccc(C)c1.COc1ccc(C(C)C)cc1-c1cccc(CC(C)=O)c1.Cc1cccc(-c2cc(C(C)C)ccc2C)c1. The molecule has 16 rings (SSSR count). The minimum Gasteiger partial charge on any atom is -0.496 e. The van der Waals surface area contributed by atoms with Gasteiger partial charge in [0, 0.05) is 45.4 Å². The maximum atomic E-state index is 11.3. The van der Waals surface area contributed by atoms with Gasteiger partial charge in [-0.25, -0.2) is 0 Å². The zero-order valence-electron chi connectivity index (χ0n) is 93.4. The van der Waals surface area contributed by atoms with Gasteiger partial charge in [0.25, 0.3) is 0 Å². The van der Waals surface area contributed by atoms with Crippen LogP contribution < -0.4 is 33.2 Å². The Morgan fingerprint density at radius 3 is 0.558 bits per heavy atom. The highest BCUT2D eigenvalue weighted by Crippen LogP contribution is 2.42. The van der Waals surface area contributed by atoms with E-state index in [1.54, 1.807) is 56.7 Å². The number of hydrogen-bond acceptors (Lipinski definition) is 8. The number of carbonyl (C=O) groups excluding carboxylic acids is 1. The second-order valence-corrected chi connectivity index (χ2v) is 40.7. The maximum Gasteiger partial charge on any atom is 0.134 e. The molecule has 0 N–H and O–H groups in total. The van der Waals surface area contributed by atoms with Crippen LogP contribution in [0.2, 0.25) is 0 Å². The Hall–Kier alpha value is -14.2. The first kappa shape index (κ1) is 118. The van der Waals surface area contributed by atoms with E-state index in [0.717, 1.165) is 56.9 Å². The Kier molecular flexibility index (Phi) is 46.7. The Morgan fingerprint density at radius 2 is 0.367 bits per heavy atom. The number of ether oxygens (including phenoxy) is 7. The first-order valence-electron chi connectivity index (χ1n) is 51.7. The summed E-state index contributed by atoms with van der Waals surface area (Å²) in [4.78, 5) is 11.3. The van der Waals surface area contributed by atoms with E-state index in [1.807, 2.05) is 18.2 Å². The zero-order valence-corrected chi connectivity index (χ0v) is 93.4. The summed E-state index contributed by atoms with van der Waals surface area (Å²) >= 11 is 0. The summed E-state index contributed by atoms with van der Waals surface area (Å²) in [6, 6.07) is 120. The summed E-state index contributed by atoms with van der Waals surface area (Å²) in [6.07, 6.45) is 0.472. The van der Waals surface area contributed by atoms with E-state index in [-0.39, 0.29) is 13.2 Å². The molecule has 0 radical (unpaired) electrons. The number of Topliss-reactive ketones (excluding diaryl/α,β-unsaturated/α-hetero) is 1. The average Bonchev–Trinajstić information content (AvgIpc) is 0.837. The molecule has 0 spiro atoms. The number of carbonyl (C=O) groups is 1. The second-order valence-electron chi connectivity index (χ2n) is 40.7. The van der Waals surface area contributed by atoms with Gasteiger partial charge in [-0.3, -0.25) is 4.79 Å². The first-order chi connectivity index (χ1) is 69.8. The van der Waals surface area contributed by atoms with E-state index >= 15 is 0 Å². The van der Waals surface area contributed by atoms with Crippen LogP contribution in [0.5, 0.6) is 40.2 Å². The summed E-state index contributed by atoms with van der Waals surface area (Å²) in [5, 5.41) is 0. The first-order valence-corrected chi connectivity index (χ1v) is 51.7. The van der Waals surface area contributed by atoms with E-state index in [0.29, 0.717) is 53.8 Å². The van der Waals surface area contributed by atoms with Crippen LogP contribution in [0.4, 0.5) is 0 Å². The van der Waals surface area contributed by atoms with Crippen molar-refractivity contribution in [1.82, 2.24) is 0 Å².